The van der Waals surface area contributed by atoms with Gasteiger partial charge in [0.25, 0.3) is 10.0 Å². The highest BCUT2D eigenvalue weighted by Gasteiger charge is 2.29. The number of fused-ring (bicyclic) bond motifs is 1. The van der Waals surface area contributed by atoms with Gasteiger partial charge < -0.3 is 10.1 Å². The Morgan fingerprint density at radius 1 is 0.795 bits per heavy atom. The van der Waals surface area contributed by atoms with Crippen LogP contribution in [0.5, 0.6) is 5.75 Å². The van der Waals surface area contributed by atoms with E-state index in [1.54, 1.807) is 68.0 Å². The van der Waals surface area contributed by atoms with Crippen LogP contribution < -0.4 is 14.8 Å². The largest absolute Gasteiger partial charge is 0.497 e. The maximum absolute atomic E-state index is 13.1. The van der Waals surface area contributed by atoms with Gasteiger partial charge in [-0.3, -0.25) is 14.7 Å². The fourth-order valence-corrected chi connectivity index (χ4v) is 7.60. The molecule has 0 amide bonds. The molecule has 226 valence electrons. The number of nitrogens with one attached hydrogen (secondary N) is 2. The van der Waals surface area contributed by atoms with E-state index in [0.717, 1.165) is 5.56 Å². The summed E-state index contributed by atoms with van der Waals surface area (Å²) < 4.78 is 61.0. The van der Waals surface area contributed by atoms with Gasteiger partial charge in [0.15, 0.2) is 0 Å². The van der Waals surface area contributed by atoms with Gasteiger partial charge in [0.2, 0.25) is 10.0 Å². The Bertz CT molecular complexity index is 2000. The Morgan fingerprint density at radius 3 is 2.27 bits per heavy atom. The molecule has 2 aromatic heterocycles. The summed E-state index contributed by atoms with van der Waals surface area (Å²) >= 11 is 0. The van der Waals surface area contributed by atoms with Crippen LogP contribution >= 0.6 is 0 Å². The van der Waals surface area contributed by atoms with Crippen molar-refractivity contribution in [1.29, 1.82) is 0 Å². The predicted molar refractivity (Wildman–Crippen MR) is 168 cm³/mol. The Hall–Kier alpha value is -4.59. The lowest BCUT2D eigenvalue weighted by Gasteiger charge is -2.31. The van der Waals surface area contributed by atoms with Crippen LogP contribution in [-0.4, -0.2) is 62.3 Å². The summed E-state index contributed by atoms with van der Waals surface area (Å²) in [6.07, 6.45) is 6.02. The van der Waals surface area contributed by atoms with E-state index in [9.17, 15) is 16.8 Å². The molecule has 1 aliphatic rings. The van der Waals surface area contributed by atoms with Crippen LogP contribution in [0.1, 0.15) is 12.8 Å². The Kier molecular flexibility index (Phi) is 8.17. The third-order valence-electron chi connectivity index (χ3n) is 7.42. The summed E-state index contributed by atoms with van der Waals surface area (Å²) in [6.45, 7) is 0.767. The molecule has 1 fully saturated rings. The van der Waals surface area contributed by atoms with Crippen molar-refractivity contribution in [1.82, 2.24) is 19.3 Å². The van der Waals surface area contributed by atoms with Crippen LogP contribution in [-0.2, 0) is 20.0 Å². The summed E-state index contributed by atoms with van der Waals surface area (Å²) in [5, 5.41) is 3.41. The quantitative estimate of drug-likeness (QED) is 0.235. The SMILES string of the molecule is COc1ccc(S(=O)(=O)N2CCC(Nc3cnc4ccc(-c5cncc(NS(=O)(=O)c6ccccc6)c5)cc4n3)CC2)cc1. The van der Waals surface area contributed by atoms with Gasteiger partial charge in [-0.1, -0.05) is 24.3 Å². The first-order valence-corrected chi connectivity index (χ1v) is 16.8. The number of aromatic nitrogens is 3. The smallest absolute Gasteiger partial charge is 0.261 e. The number of benzene rings is 3. The monoisotopic (exact) mass is 630 g/mol. The number of pyridine rings is 1. The highest BCUT2D eigenvalue weighted by atomic mass is 32.2. The van der Waals surface area contributed by atoms with Gasteiger partial charge in [0.1, 0.15) is 11.6 Å². The molecule has 0 radical (unpaired) electrons. The minimum atomic E-state index is -3.76. The molecule has 2 N–H and O–H groups in total. The van der Waals surface area contributed by atoms with Crippen molar-refractivity contribution in [3.63, 3.8) is 0 Å². The molecule has 0 atom stereocenters. The van der Waals surface area contributed by atoms with Crippen molar-refractivity contribution in [3.05, 3.63) is 97.5 Å². The molecular formula is C31H30N6O5S2. The molecule has 11 nitrogen and oxygen atoms in total. The van der Waals surface area contributed by atoms with Crippen molar-refractivity contribution in [2.75, 3.05) is 30.2 Å². The number of ether oxygens (including phenoxy) is 1. The van der Waals surface area contributed by atoms with Gasteiger partial charge in [0, 0.05) is 30.9 Å². The highest BCUT2D eigenvalue weighted by Crippen LogP contribution is 2.27. The van der Waals surface area contributed by atoms with Crippen LogP contribution in [0.3, 0.4) is 0 Å². The summed E-state index contributed by atoms with van der Waals surface area (Å²) in [6, 6.07) is 21.9. The molecule has 0 saturated carbocycles. The van der Waals surface area contributed by atoms with Gasteiger partial charge in [-0.15, -0.1) is 0 Å². The second kappa shape index (κ2) is 12.2. The van der Waals surface area contributed by atoms with Crippen molar-refractivity contribution < 1.29 is 21.6 Å². The molecule has 6 rings (SSSR count). The molecule has 3 heterocycles. The average molecular weight is 631 g/mol. The zero-order chi connectivity index (χ0) is 30.7. The molecule has 0 spiro atoms. The fourth-order valence-electron chi connectivity index (χ4n) is 5.07. The molecule has 44 heavy (non-hydrogen) atoms. The molecule has 1 saturated heterocycles. The number of rotatable bonds is 9. The van der Waals surface area contributed by atoms with Gasteiger partial charge in [-0.25, -0.2) is 21.8 Å². The van der Waals surface area contributed by atoms with Crippen molar-refractivity contribution in [2.45, 2.75) is 28.7 Å². The second-order valence-electron chi connectivity index (χ2n) is 10.3. The number of nitrogens with zero attached hydrogens (tertiary/aromatic N) is 4. The fraction of sp³-hybridized carbons (Fsp3) is 0.194. The maximum Gasteiger partial charge on any atom is 0.261 e. The van der Waals surface area contributed by atoms with Crippen LogP contribution in [0.2, 0.25) is 0 Å². The predicted octanol–water partition coefficient (Wildman–Crippen LogP) is 4.77. The van der Waals surface area contributed by atoms with Crippen molar-refractivity contribution in [2.24, 2.45) is 0 Å². The van der Waals surface area contributed by atoms with E-state index in [4.69, 9.17) is 9.72 Å². The van der Waals surface area contributed by atoms with Crippen molar-refractivity contribution in [3.8, 4) is 16.9 Å². The number of methoxy groups -OCH3 is 1. The van der Waals surface area contributed by atoms with E-state index in [-0.39, 0.29) is 15.8 Å². The van der Waals surface area contributed by atoms with Crippen LogP contribution in [0.4, 0.5) is 11.5 Å². The lowest BCUT2D eigenvalue weighted by molar-refractivity contribution is 0.329. The standard InChI is InChI=1S/C31H30N6O5S2/c1-42-26-8-10-28(11-9-26)44(40,41)37-15-13-24(14-16-37)34-31-21-33-29-12-7-22(18-30(29)35-31)23-17-25(20-32-19-23)36-43(38,39)27-5-3-2-4-6-27/h2-12,17-21,24,36H,13-16H2,1H3,(H,34,35). The van der Waals surface area contributed by atoms with E-state index in [0.29, 0.717) is 59.8 Å². The molecule has 5 aromatic rings. The Morgan fingerprint density at radius 2 is 1.55 bits per heavy atom. The van der Waals surface area contributed by atoms with E-state index in [2.05, 4.69) is 20.0 Å². The lowest BCUT2D eigenvalue weighted by atomic mass is 10.1. The minimum Gasteiger partial charge on any atom is -0.497 e. The van der Waals surface area contributed by atoms with Crippen LogP contribution in [0.25, 0.3) is 22.2 Å². The lowest BCUT2D eigenvalue weighted by Crippen LogP contribution is -2.42. The van der Waals surface area contributed by atoms with E-state index in [1.165, 1.54) is 22.6 Å². The molecular weight excluding hydrogens is 601 g/mol. The average Bonchev–Trinajstić information content (AvgIpc) is 3.05. The third-order valence-corrected chi connectivity index (χ3v) is 10.7. The molecule has 0 unspecified atom stereocenters. The number of piperidine rings is 1. The van der Waals surface area contributed by atoms with Crippen LogP contribution in [0.15, 0.2) is 107 Å². The van der Waals surface area contributed by atoms with E-state index < -0.39 is 20.0 Å². The molecule has 0 aliphatic carbocycles. The topological polar surface area (TPSA) is 143 Å². The van der Waals surface area contributed by atoms with Gasteiger partial charge in [0.05, 0.1) is 46.0 Å². The van der Waals surface area contributed by atoms with E-state index >= 15 is 0 Å². The first-order chi connectivity index (χ1) is 21.2. The summed E-state index contributed by atoms with van der Waals surface area (Å²) in [5.74, 6) is 1.19. The second-order valence-corrected chi connectivity index (χ2v) is 14.0. The first-order valence-electron chi connectivity index (χ1n) is 13.9. The molecule has 3 aromatic carbocycles. The van der Waals surface area contributed by atoms with Gasteiger partial charge >= 0.3 is 0 Å². The summed E-state index contributed by atoms with van der Waals surface area (Å²) in [4.78, 5) is 13.9. The van der Waals surface area contributed by atoms with Gasteiger partial charge in [-0.05, 0) is 73.0 Å². The molecule has 1 aliphatic heterocycles. The van der Waals surface area contributed by atoms with Crippen molar-refractivity contribution >= 4 is 42.6 Å². The number of hydrogen-bond acceptors (Lipinski definition) is 9. The number of hydrogen-bond donors (Lipinski definition) is 2. The highest BCUT2D eigenvalue weighted by molar-refractivity contribution is 7.92. The Labute approximate surface area is 256 Å². The molecule has 13 heteroatoms. The Balaban J connectivity index is 1.14. The van der Waals surface area contributed by atoms with Gasteiger partial charge in [-0.2, -0.15) is 4.31 Å². The number of sulfonamides is 2. The normalized spacial score (nSPS) is 14.8. The summed E-state index contributed by atoms with van der Waals surface area (Å²) in [5.41, 5.74) is 3.21. The zero-order valence-electron chi connectivity index (χ0n) is 23.8. The van der Waals surface area contributed by atoms with Crippen LogP contribution in [0, 0.1) is 0 Å². The first kappa shape index (κ1) is 29.5. The maximum atomic E-state index is 13.1. The summed E-state index contributed by atoms with van der Waals surface area (Å²) in [7, 11) is -5.81. The minimum absolute atomic E-state index is 0.0331. The number of anilines is 2. The zero-order valence-corrected chi connectivity index (χ0v) is 25.4. The molecule has 0 bridgehead atoms. The van der Waals surface area contributed by atoms with E-state index in [1.807, 2.05) is 18.2 Å². The third kappa shape index (κ3) is 6.34.